The van der Waals surface area contributed by atoms with E-state index in [2.05, 4.69) is 21.1 Å². The monoisotopic (exact) mass is 323 g/mol. The van der Waals surface area contributed by atoms with Crippen molar-refractivity contribution in [3.63, 3.8) is 0 Å². The third-order valence-electron chi connectivity index (χ3n) is 2.21. The molecule has 2 aromatic rings. The molecule has 18 heavy (non-hydrogen) atoms. The van der Waals surface area contributed by atoms with E-state index in [1.807, 2.05) is 0 Å². The number of rotatable bonds is 2. The largest absolute Gasteiger partial charge is 0.416 e. The summed E-state index contributed by atoms with van der Waals surface area (Å²) < 4.78 is 55.5. The molecule has 1 aromatic heterocycles. The van der Waals surface area contributed by atoms with Crippen LogP contribution >= 0.6 is 15.9 Å². The van der Waals surface area contributed by atoms with E-state index in [1.54, 1.807) is 0 Å². The Bertz CT molecular complexity index is 564. The van der Waals surface area contributed by atoms with Crippen molar-refractivity contribution in [2.75, 3.05) is 0 Å². The number of halogens is 5. The van der Waals surface area contributed by atoms with Crippen molar-refractivity contribution in [1.82, 2.24) is 5.16 Å². The molecule has 1 heterocycles. The average Bonchev–Trinajstić information content (AvgIpc) is 2.75. The van der Waals surface area contributed by atoms with Gasteiger partial charge in [-0.3, -0.25) is 0 Å². The molecule has 0 fully saturated rings. The van der Waals surface area contributed by atoms with Crippen molar-refractivity contribution in [1.29, 1.82) is 0 Å². The van der Waals surface area contributed by atoms with Crippen LogP contribution in [0.4, 0.5) is 17.6 Å². The molecule has 0 radical (unpaired) electrons. The van der Waals surface area contributed by atoms with Crippen LogP contribution in [0.5, 0.6) is 0 Å². The van der Waals surface area contributed by atoms with Crippen molar-refractivity contribution in [3.8, 4) is 11.3 Å². The maximum atomic E-state index is 13.2. The molecule has 0 unspecified atom stereocenters. The molecule has 2 nitrogen and oxygen atoms in total. The molecule has 0 atom stereocenters. The molecular formula is C11H6BrF4NO. The highest BCUT2D eigenvalue weighted by Crippen LogP contribution is 2.33. The minimum absolute atomic E-state index is 0.0262. The van der Waals surface area contributed by atoms with E-state index in [1.165, 1.54) is 6.07 Å². The van der Waals surface area contributed by atoms with Crippen LogP contribution in [0, 0.1) is 5.82 Å². The Balaban J connectivity index is 2.48. The zero-order valence-corrected chi connectivity index (χ0v) is 10.3. The lowest BCUT2D eigenvalue weighted by atomic mass is 10.1. The van der Waals surface area contributed by atoms with Gasteiger partial charge in [-0.25, -0.2) is 4.39 Å². The average molecular weight is 324 g/mol. The van der Waals surface area contributed by atoms with Gasteiger partial charge in [0.2, 0.25) is 0 Å². The van der Waals surface area contributed by atoms with Crippen molar-refractivity contribution in [3.05, 3.63) is 41.4 Å². The van der Waals surface area contributed by atoms with Gasteiger partial charge in [0.1, 0.15) is 17.3 Å². The second kappa shape index (κ2) is 4.72. The van der Waals surface area contributed by atoms with Crippen LogP contribution in [-0.4, -0.2) is 5.16 Å². The first-order chi connectivity index (χ1) is 8.40. The number of alkyl halides is 4. The van der Waals surface area contributed by atoms with Crippen molar-refractivity contribution < 1.29 is 22.1 Å². The summed E-state index contributed by atoms with van der Waals surface area (Å²) in [5.41, 5.74) is -0.867. The third-order valence-corrected chi connectivity index (χ3v) is 2.76. The summed E-state index contributed by atoms with van der Waals surface area (Å²) >= 11 is 3.12. The second-order valence-corrected chi connectivity index (χ2v) is 4.10. The predicted octanol–water partition coefficient (Wildman–Crippen LogP) is 4.39. The molecule has 7 heteroatoms. The summed E-state index contributed by atoms with van der Waals surface area (Å²) in [6, 6.07) is 3.70. The van der Waals surface area contributed by atoms with Gasteiger partial charge in [0.25, 0.3) is 0 Å². The predicted molar refractivity (Wildman–Crippen MR) is 59.5 cm³/mol. The molecule has 0 aliphatic carbocycles. The topological polar surface area (TPSA) is 26.0 Å². The molecule has 0 bridgehead atoms. The maximum Gasteiger partial charge on any atom is 0.416 e. The van der Waals surface area contributed by atoms with Crippen LogP contribution < -0.4 is 0 Å². The van der Waals surface area contributed by atoms with E-state index in [-0.39, 0.29) is 11.3 Å². The van der Waals surface area contributed by atoms with Gasteiger partial charge in [0.05, 0.1) is 10.9 Å². The highest BCUT2D eigenvalue weighted by molar-refractivity contribution is 9.08. The molecule has 0 saturated heterocycles. The molecule has 1 aromatic carbocycles. The smallest absolute Gasteiger partial charge is 0.360 e. The Labute approximate surface area is 108 Å². The molecule has 2 rings (SSSR count). The third kappa shape index (κ3) is 2.72. The van der Waals surface area contributed by atoms with E-state index in [9.17, 15) is 17.6 Å². The van der Waals surface area contributed by atoms with Gasteiger partial charge in [0, 0.05) is 11.6 Å². The Morgan fingerprint density at radius 3 is 2.44 bits per heavy atom. The fraction of sp³-hybridized carbons (Fsp3) is 0.182. The number of benzene rings is 1. The fourth-order valence-electron chi connectivity index (χ4n) is 1.41. The van der Waals surface area contributed by atoms with E-state index in [0.29, 0.717) is 17.2 Å². The standard InChI is InChI=1S/C11H6BrF4NO/c12-5-9-4-10(17-18-9)6-1-7(11(14,15)16)3-8(13)2-6/h1-4H,5H2. The van der Waals surface area contributed by atoms with Gasteiger partial charge in [-0.15, -0.1) is 0 Å². The quantitative estimate of drug-likeness (QED) is 0.605. The number of hydrogen-bond donors (Lipinski definition) is 0. The van der Waals surface area contributed by atoms with Crippen molar-refractivity contribution in [2.24, 2.45) is 0 Å². The van der Waals surface area contributed by atoms with Crippen LogP contribution in [0.3, 0.4) is 0 Å². The molecule has 0 aliphatic rings. The lowest BCUT2D eigenvalue weighted by molar-refractivity contribution is -0.137. The van der Waals surface area contributed by atoms with Gasteiger partial charge in [-0.1, -0.05) is 21.1 Å². The van der Waals surface area contributed by atoms with E-state index < -0.39 is 17.6 Å². The summed E-state index contributed by atoms with van der Waals surface area (Å²) in [5.74, 6) is -0.522. The molecular weight excluding hydrogens is 318 g/mol. The Morgan fingerprint density at radius 1 is 1.17 bits per heavy atom. The van der Waals surface area contributed by atoms with E-state index in [4.69, 9.17) is 4.52 Å². The Morgan fingerprint density at radius 2 is 1.89 bits per heavy atom. The second-order valence-electron chi connectivity index (χ2n) is 3.54. The van der Waals surface area contributed by atoms with Crippen molar-refractivity contribution in [2.45, 2.75) is 11.5 Å². The fourth-order valence-corrected chi connectivity index (χ4v) is 1.68. The van der Waals surface area contributed by atoms with Crippen LogP contribution in [-0.2, 0) is 11.5 Å². The Hall–Kier alpha value is -1.37. The summed E-state index contributed by atoms with van der Waals surface area (Å²) in [6.45, 7) is 0. The number of nitrogens with zero attached hydrogens (tertiary/aromatic N) is 1. The first-order valence-electron chi connectivity index (χ1n) is 4.80. The van der Waals surface area contributed by atoms with Crippen LogP contribution in [0.15, 0.2) is 28.8 Å². The van der Waals surface area contributed by atoms with Gasteiger partial charge in [-0.05, 0) is 18.2 Å². The highest BCUT2D eigenvalue weighted by Gasteiger charge is 2.31. The zero-order chi connectivity index (χ0) is 13.3. The van der Waals surface area contributed by atoms with E-state index in [0.717, 1.165) is 12.1 Å². The van der Waals surface area contributed by atoms with Gasteiger partial charge in [-0.2, -0.15) is 13.2 Å². The number of aromatic nitrogens is 1. The van der Waals surface area contributed by atoms with Crippen LogP contribution in [0.25, 0.3) is 11.3 Å². The van der Waals surface area contributed by atoms with Gasteiger partial charge in [0.15, 0.2) is 0 Å². The van der Waals surface area contributed by atoms with Gasteiger partial charge < -0.3 is 4.52 Å². The van der Waals surface area contributed by atoms with E-state index >= 15 is 0 Å². The number of hydrogen-bond acceptors (Lipinski definition) is 2. The molecule has 0 spiro atoms. The molecule has 0 saturated carbocycles. The maximum absolute atomic E-state index is 13.2. The summed E-state index contributed by atoms with van der Waals surface area (Å²) in [4.78, 5) is 0. The Kier molecular flexibility index (Phi) is 3.43. The first-order valence-corrected chi connectivity index (χ1v) is 5.92. The molecule has 0 aliphatic heterocycles. The molecule has 0 amide bonds. The molecule has 0 N–H and O–H groups in total. The SMILES string of the molecule is Fc1cc(-c2cc(CBr)on2)cc(C(F)(F)F)c1. The summed E-state index contributed by atoms with van der Waals surface area (Å²) in [7, 11) is 0. The molecule has 96 valence electrons. The zero-order valence-electron chi connectivity index (χ0n) is 8.76. The minimum atomic E-state index is -4.60. The highest BCUT2D eigenvalue weighted by atomic mass is 79.9. The summed E-state index contributed by atoms with van der Waals surface area (Å²) in [5, 5.41) is 3.96. The lowest BCUT2D eigenvalue weighted by Crippen LogP contribution is -2.05. The van der Waals surface area contributed by atoms with Crippen molar-refractivity contribution >= 4 is 15.9 Å². The normalized spacial score (nSPS) is 11.8. The summed E-state index contributed by atoms with van der Waals surface area (Å²) in [6.07, 6.45) is -4.60. The van der Waals surface area contributed by atoms with Gasteiger partial charge >= 0.3 is 6.18 Å². The van der Waals surface area contributed by atoms with Crippen LogP contribution in [0.1, 0.15) is 11.3 Å². The minimum Gasteiger partial charge on any atom is -0.360 e. The van der Waals surface area contributed by atoms with Crippen LogP contribution in [0.2, 0.25) is 0 Å². The first kappa shape index (κ1) is 13.1. The lowest BCUT2D eigenvalue weighted by Gasteiger charge is -2.07.